The summed E-state index contributed by atoms with van der Waals surface area (Å²) >= 11 is 0. The monoisotopic (exact) mass is 227 g/mol. The Hall–Kier alpha value is -1.66. The van der Waals surface area contributed by atoms with Gasteiger partial charge in [0.15, 0.2) is 0 Å². The molecule has 7 nitrogen and oxygen atoms in total. The number of hydrogen-bond acceptors (Lipinski definition) is 6. The molecular formula is C9H17N5O2. The maximum absolute atomic E-state index is 11.7. The summed E-state index contributed by atoms with van der Waals surface area (Å²) in [6.45, 7) is 3.77. The molecule has 0 fully saturated rings. The predicted molar refractivity (Wildman–Crippen MR) is 57.7 cm³/mol. The fraction of sp³-hybridized carbons (Fsp3) is 0.778. The van der Waals surface area contributed by atoms with Gasteiger partial charge in [-0.1, -0.05) is 18.4 Å². The molecule has 90 valence electrons. The standard InChI is InChI=1S/C9H17N5O2/c1-5-6-9(2,7(15)16-4)10-8-11-12-13-14(8)3/h5-6H2,1-4H3,(H,10,11,13). The van der Waals surface area contributed by atoms with Crippen LogP contribution in [0.25, 0.3) is 0 Å². The van der Waals surface area contributed by atoms with Crippen molar-refractivity contribution in [3.8, 4) is 0 Å². The summed E-state index contributed by atoms with van der Waals surface area (Å²) in [6, 6.07) is 0. The normalized spacial score (nSPS) is 14.2. The number of ether oxygens (including phenoxy) is 1. The number of esters is 1. The minimum atomic E-state index is -0.800. The van der Waals surface area contributed by atoms with Crippen LogP contribution in [0.4, 0.5) is 5.95 Å². The summed E-state index contributed by atoms with van der Waals surface area (Å²) in [5.74, 6) is 0.124. The van der Waals surface area contributed by atoms with E-state index in [1.54, 1.807) is 14.0 Å². The van der Waals surface area contributed by atoms with Gasteiger partial charge in [0.25, 0.3) is 0 Å². The van der Waals surface area contributed by atoms with Crippen molar-refractivity contribution in [3.63, 3.8) is 0 Å². The molecule has 1 aromatic heterocycles. The second kappa shape index (κ2) is 4.91. The number of rotatable bonds is 5. The van der Waals surface area contributed by atoms with E-state index in [2.05, 4.69) is 20.8 Å². The maximum atomic E-state index is 11.7. The predicted octanol–water partition coefficient (Wildman–Crippen LogP) is 0.354. The van der Waals surface area contributed by atoms with Crippen molar-refractivity contribution in [3.05, 3.63) is 0 Å². The van der Waals surface area contributed by atoms with Crippen molar-refractivity contribution in [2.45, 2.75) is 32.2 Å². The molecule has 1 heterocycles. The highest BCUT2D eigenvalue weighted by atomic mass is 16.5. The van der Waals surface area contributed by atoms with Crippen LogP contribution in [-0.4, -0.2) is 38.8 Å². The summed E-state index contributed by atoms with van der Waals surface area (Å²) in [5.41, 5.74) is -0.800. The second-order valence-corrected chi connectivity index (χ2v) is 3.82. The van der Waals surface area contributed by atoms with Crippen molar-refractivity contribution < 1.29 is 9.53 Å². The van der Waals surface area contributed by atoms with Gasteiger partial charge in [0.05, 0.1) is 7.11 Å². The van der Waals surface area contributed by atoms with Crippen LogP contribution in [0.15, 0.2) is 0 Å². The molecule has 1 unspecified atom stereocenters. The zero-order chi connectivity index (χ0) is 12.2. The molecule has 0 aliphatic rings. The van der Waals surface area contributed by atoms with Crippen molar-refractivity contribution in [2.75, 3.05) is 12.4 Å². The molecule has 0 bridgehead atoms. The van der Waals surface area contributed by atoms with E-state index in [0.717, 1.165) is 6.42 Å². The van der Waals surface area contributed by atoms with Crippen LogP contribution in [0.1, 0.15) is 26.7 Å². The van der Waals surface area contributed by atoms with Gasteiger partial charge in [-0.15, -0.1) is 0 Å². The quantitative estimate of drug-likeness (QED) is 0.731. The summed E-state index contributed by atoms with van der Waals surface area (Å²) in [7, 11) is 3.07. The molecule has 1 aromatic rings. The van der Waals surface area contributed by atoms with Gasteiger partial charge in [-0.3, -0.25) is 0 Å². The average molecular weight is 227 g/mol. The van der Waals surface area contributed by atoms with E-state index in [1.807, 2.05) is 6.92 Å². The van der Waals surface area contributed by atoms with E-state index >= 15 is 0 Å². The number of carbonyl (C=O) groups excluding carboxylic acids is 1. The Morgan fingerprint density at radius 3 is 2.75 bits per heavy atom. The molecule has 0 spiro atoms. The molecule has 0 radical (unpaired) electrons. The number of methoxy groups -OCH3 is 1. The summed E-state index contributed by atoms with van der Waals surface area (Å²) in [6.07, 6.45) is 1.50. The number of carbonyl (C=O) groups is 1. The largest absolute Gasteiger partial charge is 0.467 e. The van der Waals surface area contributed by atoms with Gasteiger partial charge in [-0.25, -0.2) is 9.48 Å². The Bertz CT molecular complexity index is 365. The number of hydrogen-bond donors (Lipinski definition) is 1. The highest BCUT2D eigenvalue weighted by Gasteiger charge is 2.34. The molecule has 0 aromatic carbocycles. The fourth-order valence-corrected chi connectivity index (χ4v) is 1.52. The first-order chi connectivity index (χ1) is 7.53. The number of aromatic nitrogens is 4. The van der Waals surface area contributed by atoms with Crippen LogP contribution >= 0.6 is 0 Å². The number of nitrogens with zero attached hydrogens (tertiary/aromatic N) is 4. The Balaban J connectivity index is 2.87. The number of nitrogens with one attached hydrogen (secondary N) is 1. The summed E-state index contributed by atoms with van der Waals surface area (Å²) < 4.78 is 6.25. The molecule has 0 saturated carbocycles. The van der Waals surface area contributed by atoms with Gasteiger partial charge < -0.3 is 10.1 Å². The Labute approximate surface area is 94.2 Å². The van der Waals surface area contributed by atoms with Crippen LogP contribution in [0.2, 0.25) is 0 Å². The first kappa shape index (κ1) is 12.4. The van der Waals surface area contributed by atoms with Gasteiger partial charge in [0.1, 0.15) is 5.54 Å². The Morgan fingerprint density at radius 1 is 1.62 bits per heavy atom. The van der Waals surface area contributed by atoms with Crippen molar-refractivity contribution in [1.82, 2.24) is 20.2 Å². The molecule has 1 N–H and O–H groups in total. The zero-order valence-electron chi connectivity index (χ0n) is 10.0. The molecule has 1 rings (SSSR count). The van der Waals surface area contributed by atoms with E-state index < -0.39 is 5.54 Å². The molecule has 7 heteroatoms. The van der Waals surface area contributed by atoms with Gasteiger partial charge in [-0.2, -0.15) is 0 Å². The van der Waals surface area contributed by atoms with E-state index in [4.69, 9.17) is 4.74 Å². The van der Waals surface area contributed by atoms with Crippen LogP contribution in [0, 0.1) is 0 Å². The molecule has 0 aliphatic carbocycles. The zero-order valence-corrected chi connectivity index (χ0v) is 10.0. The van der Waals surface area contributed by atoms with Crippen molar-refractivity contribution in [2.24, 2.45) is 7.05 Å². The third-order valence-corrected chi connectivity index (χ3v) is 2.39. The van der Waals surface area contributed by atoms with Crippen LogP contribution in [0.5, 0.6) is 0 Å². The fourth-order valence-electron chi connectivity index (χ4n) is 1.52. The first-order valence-electron chi connectivity index (χ1n) is 5.12. The minimum absolute atomic E-state index is 0.322. The van der Waals surface area contributed by atoms with Crippen LogP contribution in [-0.2, 0) is 16.6 Å². The topological polar surface area (TPSA) is 81.9 Å². The van der Waals surface area contributed by atoms with Crippen molar-refractivity contribution in [1.29, 1.82) is 0 Å². The lowest BCUT2D eigenvalue weighted by molar-refractivity contribution is -0.145. The Kier molecular flexibility index (Phi) is 3.81. The Morgan fingerprint density at radius 2 is 2.31 bits per heavy atom. The summed E-state index contributed by atoms with van der Waals surface area (Å²) in [4.78, 5) is 11.7. The number of tetrazole rings is 1. The summed E-state index contributed by atoms with van der Waals surface area (Å²) in [5, 5.41) is 14.0. The molecule has 0 aliphatic heterocycles. The van der Waals surface area contributed by atoms with Gasteiger partial charge >= 0.3 is 5.97 Å². The third-order valence-electron chi connectivity index (χ3n) is 2.39. The smallest absolute Gasteiger partial charge is 0.331 e. The first-order valence-corrected chi connectivity index (χ1v) is 5.12. The highest BCUT2D eigenvalue weighted by Crippen LogP contribution is 2.19. The molecular weight excluding hydrogens is 210 g/mol. The van der Waals surface area contributed by atoms with E-state index in [0.29, 0.717) is 12.4 Å². The van der Waals surface area contributed by atoms with Gasteiger partial charge in [0, 0.05) is 7.05 Å². The van der Waals surface area contributed by atoms with E-state index in [9.17, 15) is 4.79 Å². The van der Waals surface area contributed by atoms with Gasteiger partial charge in [0.2, 0.25) is 5.95 Å². The van der Waals surface area contributed by atoms with Crippen LogP contribution < -0.4 is 5.32 Å². The van der Waals surface area contributed by atoms with Crippen LogP contribution in [0.3, 0.4) is 0 Å². The van der Waals surface area contributed by atoms with E-state index in [1.165, 1.54) is 11.8 Å². The molecule has 0 saturated heterocycles. The SMILES string of the molecule is CCCC(C)(Nc1nnnn1C)C(=O)OC. The average Bonchev–Trinajstić information content (AvgIpc) is 2.63. The second-order valence-electron chi connectivity index (χ2n) is 3.82. The maximum Gasteiger partial charge on any atom is 0.331 e. The lowest BCUT2D eigenvalue weighted by atomic mass is 9.96. The van der Waals surface area contributed by atoms with Gasteiger partial charge in [-0.05, 0) is 23.8 Å². The lowest BCUT2D eigenvalue weighted by Crippen LogP contribution is -2.44. The highest BCUT2D eigenvalue weighted by molar-refractivity contribution is 5.83. The molecule has 16 heavy (non-hydrogen) atoms. The molecule has 0 amide bonds. The minimum Gasteiger partial charge on any atom is -0.467 e. The van der Waals surface area contributed by atoms with E-state index in [-0.39, 0.29) is 5.97 Å². The third kappa shape index (κ3) is 2.47. The number of anilines is 1. The lowest BCUT2D eigenvalue weighted by Gasteiger charge is -2.27. The number of aryl methyl sites for hydroxylation is 1. The molecule has 1 atom stereocenters. The van der Waals surface area contributed by atoms with Crippen molar-refractivity contribution >= 4 is 11.9 Å².